The van der Waals surface area contributed by atoms with Gasteiger partial charge >= 0.3 is 5.97 Å². The van der Waals surface area contributed by atoms with Gasteiger partial charge in [-0.2, -0.15) is 11.8 Å². The summed E-state index contributed by atoms with van der Waals surface area (Å²) in [6.07, 6.45) is 5.66. The smallest absolute Gasteiger partial charge is 0.371 e. The van der Waals surface area contributed by atoms with Gasteiger partial charge in [0.1, 0.15) is 0 Å². The molecule has 2 N–H and O–H groups in total. The van der Waals surface area contributed by atoms with E-state index in [9.17, 15) is 4.79 Å². The molecule has 1 fully saturated rings. The average molecular weight is 241 g/mol. The maximum absolute atomic E-state index is 10.6. The van der Waals surface area contributed by atoms with Crippen LogP contribution in [0.25, 0.3) is 0 Å². The van der Waals surface area contributed by atoms with Crippen molar-refractivity contribution in [1.29, 1.82) is 0 Å². The van der Waals surface area contributed by atoms with Gasteiger partial charge in [0.2, 0.25) is 5.76 Å². The van der Waals surface area contributed by atoms with Gasteiger partial charge in [-0.15, -0.1) is 0 Å². The first-order valence-electron chi connectivity index (χ1n) is 5.33. The lowest BCUT2D eigenvalue weighted by Crippen LogP contribution is -2.25. The van der Waals surface area contributed by atoms with Crippen molar-refractivity contribution in [3.8, 4) is 0 Å². The monoisotopic (exact) mass is 241 g/mol. The number of carboxylic acid groups (broad SMARTS) is 1. The molecule has 1 aromatic rings. The second-order valence-corrected chi connectivity index (χ2v) is 5.00. The third kappa shape index (κ3) is 2.35. The van der Waals surface area contributed by atoms with Crippen LogP contribution in [0.3, 0.4) is 0 Å². The molecule has 0 radical (unpaired) electrons. The number of hydrogen-bond acceptors (Lipinski definition) is 4. The number of thioether (sulfide) groups is 1. The van der Waals surface area contributed by atoms with Gasteiger partial charge in [0.05, 0.1) is 0 Å². The molecule has 2 unspecified atom stereocenters. The summed E-state index contributed by atoms with van der Waals surface area (Å²) in [5.74, 6) is -0.481. The molecule has 0 amide bonds. The number of carbonyl (C=O) groups is 1. The molecular formula is C11H15NO3S. The minimum absolute atomic E-state index is 0.0128. The molecule has 16 heavy (non-hydrogen) atoms. The lowest BCUT2D eigenvalue weighted by atomic mass is 10.2. The van der Waals surface area contributed by atoms with E-state index in [-0.39, 0.29) is 5.76 Å². The molecule has 4 nitrogen and oxygen atoms in total. The highest BCUT2D eigenvalue weighted by Gasteiger charge is 2.27. The maximum atomic E-state index is 10.6. The first-order chi connectivity index (χ1) is 7.70. The standard InChI is InChI=1S/C11H15NO3S/c1-16-9-4-2-3-7(9)12-10-6-5-8(15-10)11(13)14/h5-7,9,12H,2-4H2,1H3,(H,13,14). The highest BCUT2D eigenvalue weighted by atomic mass is 32.2. The van der Waals surface area contributed by atoms with Crippen molar-refractivity contribution in [1.82, 2.24) is 0 Å². The molecule has 2 rings (SSSR count). The zero-order valence-corrected chi connectivity index (χ0v) is 9.92. The maximum Gasteiger partial charge on any atom is 0.371 e. The van der Waals surface area contributed by atoms with E-state index >= 15 is 0 Å². The molecule has 0 bridgehead atoms. The van der Waals surface area contributed by atoms with Gasteiger partial charge in [0.15, 0.2) is 5.88 Å². The molecular weight excluding hydrogens is 226 g/mol. The zero-order valence-electron chi connectivity index (χ0n) is 9.10. The Bertz CT molecular complexity index is 377. The first kappa shape index (κ1) is 11.4. The quantitative estimate of drug-likeness (QED) is 0.848. The average Bonchev–Trinajstić information content (AvgIpc) is 2.87. The molecule has 2 atom stereocenters. The fourth-order valence-electron chi connectivity index (χ4n) is 2.09. The van der Waals surface area contributed by atoms with Crippen LogP contribution in [0.4, 0.5) is 5.88 Å². The van der Waals surface area contributed by atoms with Gasteiger partial charge in [0, 0.05) is 17.4 Å². The van der Waals surface area contributed by atoms with Crippen LogP contribution in [0.15, 0.2) is 16.5 Å². The number of carboxylic acids is 1. The lowest BCUT2D eigenvalue weighted by molar-refractivity contribution is 0.0663. The van der Waals surface area contributed by atoms with Gasteiger partial charge < -0.3 is 14.8 Å². The molecule has 88 valence electrons. The van der Waals surface area contributed by atoms with E-state index < -0.39 is 5.97 Å². The second kappa shape index (κ2) is 4.82. The highest BCUT2D eigenvalue weighted by molar-refractivity contribution is 7.99. The van der Waals surface area contributed by atoms with E-state index in [0.29, 0.717) is 17.2 Å². The van der Waals surface area contributed by atoms with Crippen molar-refractivity contribution < 1.29 is 14.3 Å². The number of furan rings is 1. The van der Waals surface area contributed by atoms with E-state index in [0.717, 1.165) is 6.42 Å². The molecule has 5 heteroatoms. The van der Waals surface area contributed by atoms with Crippen LogP contribution < -0.4 is 5.32 Å². The molecule has 0 aromatic carbocycles. The number of rotatable bonds is 4. The summed E-state index contributed by atoms with van der Waals surface area (Å²) in [4.78, 5) is 10.6. The van der Waals surface area contributed by atoms with Gasteiger partial charge in [-0.3, -0.25) is 0 Å². The first-order valence-corrected chi connectivity index (χ1v) is 6.62. The van der Waals surface area contributed by atoms with E-state index in [1.165, 1.54) is 18.9 Å². The number of hydrogen-bond donors (Lipinski definition) is 2. The summed E-state index contributed by atoms with van der Waals surface area (Å²) in [7, 11) is 0. The molecule has 0 spiro atoms. The summed E-state index contributed by atoms with van der Waals surface area (Å²) >= 11 is 1.85. The Morgan fingerprint density at radius 3 is 3.00 bits per heavy atom. The summed E-state index contributed by atoms with van der Waals surface area (Å²) in [5, 5.41) is 12.6. The van der Waals surface area contributed by atoms with E-state index in [1.54, 1.807) is 6.07 Å². The minimum Gasteiger partial charge on any atom is -0.475 e. The normalized spacial score (nSPS) is 24.6. The van der Waals surface area contributed by atoms with Crippen molar-refractivity contribution in [3.63, 3.8) is 0 Å². The van der Waals surface area contributed by atoms with Crippen molar-refractivity contribution in [3.05, 3.63) is 17.9 Å². The fraction of sp³-hybridized carbons (Fsp3) is 0.545. The van der Waals surface area contributed by atoms with Crippen LogP contribution in [0, 0.1) is 0 Å². The van der Waals surface area contributed by atoms with Crippen LogP contribution in [0.5, 0.6) is 0 Å². The largest absolute Gasteiger partial charge is 0.475 e. The van der Waals surface area contributed by atoms with Crippen LogP contribution in [-0.4, -0.2) is 28.6 Å². The predicted molar refractivity (Wildman–Crippen MR) is 64.2 cm³/mol. The topological polar surface area (TPSA) is 62.5 Å². The Morgan fingerprint density at radius 1 is 1.56 bits per heavy atom. The lowest BCUT2D eigenvalue weighted by Gasteiger charge is -2.18. The second-order valence-electron chi connectivity index (χ2n) is 3.92. The van der Waals surface area contributed by atoms with Gasteiger partial charge in [-0.05, 0) is 25.2 Å². The SMILES string of the molecule is CSC1CCCC1Nc1ccc(C(=O)O)o1. The van der Waals surface area contributed by atoms with Crippen molar-refractivity contribution >= 4 is 23.6 Å². The Labute approximate surface area is 98.4 Å². The molecule has 1 aliphatic carbocycles. The van der Waals surface area contributed by atoms with Crippen molar-refractivity contribution in [2.24, 2.45) is 0 Å². The highest BCUT2D eigenvalue weighted by Crippen LogP contribution is 2.31. The van der Waals surface area contributed by atoms with E-state index in [1.807, 2.05) is 11.8 Å². The summed E-state index contributed by atoms with van der Waals surface area (Å²) < 4.78 is 5.18. The number of aromatic carboxylic acids is 1. The molecule has 1 heterocycles. The van der Waals surface area contributed by atoms with E-state index in [4.69, 9.17) is 9.52 Å². The molecule has 1 aromatic heterocycles. The summed E-state index contributed by atoms with van der Waals surface area (Å²) in [6.45, 7) is 0. The van der Waals surface area contributed by atoms with Gasteiger partial charge in [0.25, 0.3) is 0 Å². The third-order valence-corrected chi connectivity index (χ3v) is 4.07. The van der Waals surface area contributed by atoms with Crippen LogP contribution in [0.1, 0.15) is 29.8 Å². The number of anilines is 1. The Hall–Kier alpha value is -1.10. The van der Waals surface area contributed by atoms with Crippen LogP contribution in [-0.2, 0) is 0 Å². The van der Waals surface area contributed by atoms with Crippen LogP contribution >= 0.6 is 11.8 Å². The zero-order chi connectivity index (χ0) is 11.5. The van der Waals surface area contributed by atoms with Crippen LogP contribution in [0.2, 0.25) is 0 Å². The molecule has 1 saturated carbocycles. The fourth-order valence-corrected chi connectivity index (χ4v) is 3.02. The van der Waals surface area contributed by atoms with E-state index in [2.05, 4.69) is 11.6 Å². The van der Waals surface area contributed by atoms with Gasteiger partial charge in [-0.25, -0.2) is 4.79 Å². The van der Waals surface area contributed by atoms with Crippen molar-refractivity contribution in [2.75, 3.05) is 11.6 Å². The Balaban J connectivity index is 2.00. The predicted octanol–water partition coefficient (Wildman–Crippen LogP) is 2.67. The Kier molecular flexibility index (Phi) is 3.43. The summed E-state index contributed by atoms with van der Waals surface area (Å²) in [6, 6.07) is 3.55. The summed E-state index contributed by atoms with van der Waals surface area (Å²) in [5.41, 5.74) is 0. The molecule has 0 aliphatic heterocycles. The minimum atomic E-state index is -1.03. The van der Waals surface area contributed by atoms with Gasteiger partial charge in [-0.1, -0.05) is 6.42 Å². The third-order valence-electron chi connectivity index (χ3n) is 2.90. The molecule has 0 saturated heterocycles. The Morgan fingerprint density at radius 2 is 2.38 bits per heavy atom. The van der Waals surface area contributed by atoms with Crippen molar-refractivity contribution in [2.45, 2.75) is 30.6 Å². The molecule has 1 aliphatic rings. The number of nitrogens with one attached hydrogen (secondary N) is 1.